The summed E-state index contributed by atoms with van der Waals surface area (Å²) in [5, 5.41) is 3.45. The van der Waals surface area contributed by atoms with Crippen LogP contribution in [0.1, 0.15) is 24.2 Å². The maximum atomic E-state index is 12.5. The summed E-state index contributed by atoms with van der Waals surface area (Å²) in [6, 6.07) is 8.87. The molecule has 3 aromatic rings. The fourth-order valence-corrected chi connectivity index (χ4v) is 3.02. The van der Waals surface area contributed by atoms with Gasteiger partial charge in [0.05, 0.1) is 24.1 Å². The highest BCUT2D eigenvalue weighted by molar-refractivity contribution is 5.80. The maximum Gasteiger partial charge on any atom is 0.275 e. The van der Waals surface area contributed by atoms with E-state index in [4.69, 9.17) is 4.74 Å². The van der Waals surface area contributed by atoms with E-state index in [0.717, 1.165) is 11.3 Å². The van der Waals surface area contributed by atoms with Crippen LogP contribution >= 0.6 is 0 Å². The number of aryl methyl sites for hydroxylation is 2. The van der Waals surface area contributed by atoms with Gasteiger partial charge in [0.25, 0.3) is 11.1 Å². The monoisotopic (exact) mass is 313 g/mol. The summed E-state index contributed by atoms with van der Waals surface area (Å²) in [4.78, 5) is 24.8. The van der Waals surface area contributed by atoms with Crippen molar-refractivity contribution in [3.8, 4) is 5.75 Å². The van der Waals surface area contributed by atoms with Crippen molar-refractivity contribution in [2.75, 3.05) is 7.11 Å². The van der Waals surface area contributed by atoms with E-state index in [2.05, 4.69) is 5.10 Å². The van der Waals surface area contributed by atoms with Crippen LogP contribution in [0, 0.1) is 6.92 Å². The highest BCUT2D eigenvalue weighted by atomic mass is 16.5. The molecule has 0 saturated carbocycles. The molecule has 0 fully saturated rings. The first kappa shape index (κ1) is 15.1. The molecule has 23 heavy (non-hydrogen) atoms. The van der Waals surface area contributed by atoms with Crippen LogP contribution in [-0.2, 0) is 7.05 Å². The molecule has 0 amide bonds. The summed E-state index contributed by atoms with van der Waals surface area (Å²) >= 11 is 0. The van der Waals surface area contributed by atoms with Crippen LogP contribution in [0.4, 0.5) is 0 Å². The smallest absolute Gasteiger partial charge is 0.275 e. The van der Waals surface area contributed by atoms with E-state index < -0.39 is 0 Å². The largest absolute Gasteiger partial charge is 0.497 e. The van der Waals surface area contributed by atoms with Crippen LogP contribution in [0.15, 0.2) is 39.9 Å². The predicted molar refractivity (Wildman–Crippen MR) is 89.3 cm³/mol. The standard InChI is InChI=1S/C17H19N3O3/c1-10(12-5-7-13(23-4)8-6-12)20-11(2)16-14(9-15(20)21)18-19(3)17(16)22/h5-10,18H,1-4H3. The number of H-pyrrole nitrogens is 1. The lowest BCUT2D eigenvalue weighted by molar-refractivity contribution is 0.414. The Morgan fingerprint density at radius 1 is 1.17 bits per heavy atom. The Morgan fingerprint density at radius 2 is 1.83 bits per heavy atom. The first-order valence-electron chi connectivity index (χ1n) is 7.39. The van der Waals surface area contributed by atoms with Crippen LogP contribution in [0.2, 0.25) is 0 Å². The lowest BCUT2D eigenvalue weighted by Crippen LogP contribution is -2.26. The Labute approximate surface area is 132 Å². The zero-order valence-electron chi connectivity index (χ0n) is 13.6. The molecule has 6 heteroatoms. The fraction of sp³-hybridized carbons (Fsp3) is 0.294. The average Bonchev–Trinajstić information content (AvgIpc) is 2.81. The minimum Gasteiger partial charge on any atom is -0.497 e. The molecule has 1 atom stereocenters. The highest BCUT2D eigenvalue weighted by Gasteiger charge is 2.17. The third kappa shape index (κ3) is 2.36. The molecule has 0 radical (unpaired) electrons. The number of ether oxygens (including phenoxy) is 1. The molecule has 1 N–H and O–H groups in total. The average molecular weight is 313 g/mol. The van der Waals surface area contributed by atoms with Crippen molar-refractivity contribution in [1.29, 1.82) is 0 Å². The first-order chi connectivity index (χ1) is 10.9. The SMILES string of the molecule is COc1ccc(C(C)n2c(C)c3c(=O)n(C)[nH]c3cc2=O)cc1. The van der Waals surface area contributed by atoms with Crippen molar-refractivity contribution in [2.45, 2.75) is 19.9 Å². The van der Waals surface area contributed by atoms with E-state index in [1.54, 1.807) is 25.6 Å². The van der Waals surface area contributed by atoms with Gasteiger partial charge in [-0.15, -0.1) is 0 Å². The van der Waals surface area contributed by atoms with Crippen molar-refractivity contribution in [1.82, 2.24) is 14.3 Å². The van der Waals surface area contributed by atoms with E-state index in [9.17, 15) is 9.59 Å². The number of pyridine rings is 1. The molecule has 0 aliphatic carbocycles. The quantitative estimate of drug-likeness (QED) is 0.803. The zero-order chi connectivity index (χ0) is 16.7. The summed E-state index contributed by atoms with van der Waals surface area (Å²) in [5.41, 5.74) is 1.94. The Kier molecular flexibility index (Phi) is 3.60. The highest BCUT2D eigenvalue weighted by Crippen LogP contribution is 2.22. The third-order valence-corrected chi connectivity index (χ3v) is 4.29. The van der Waals surface area contributed by atoms with Gasteiger partial charge in [-0.2, -0.15) is 0 Å². The lowest BCUT2D eigenvalue weighted by atomic mass is 10.1. The van der Waals surface area contributed by atoms with Gasteiger partial charge >= 0.3 is 0 Å². The Morgan fingerprint density at radius 3 is 2.43 bits per heavy atom. The van der Waals surface area contributed by atoms with Crippen molar-refractivity contribution in [2.24, 2.45) is 7.05 Å². The van der Waals surface area contributed by atoms with Gasteiger partial charge in [0.1, 0.15) is 5.75 Å². The molecule has 2 aromatic heterocycles. The second-order valence-electron chi connectivity index (χ2n) is 5.65. The third-order valence-electron chi connectivity index (χ3n) is 4.29. The molecule has 0 aliphatic rings. The maximum absolute atomic E-state index is 12.5. The van der Waals surface area contributed by atoms with E-state index in [0.29, 0.717) is 16.6 Å². The fourth-order valence-electron chi connectivity index (χ4n) is 3.02. The van der Waals surface area contributed by atoms with Gasteiger partial charge in [0.2, 0.25) is 0 Å². The number of aromatic amines is 1. The molecule has 0 spiro atoms. The Hall–Kier alpha value is -2.76. The second kappa shape index (κ2) is 5.46. The van der Waals surface area contributed by atoms with Crippen molar-refractivity contribution < 1.29 is 4.74 Å². The molecule has 0 aliphatic heterocycles. The van der Waals surface area contributed by atoms with Gasteiger partial charge in [-0.1, -0.05) is 12.1 Å². The van der Waals surface area contributed by atoms with E-state index in [-0.39, 0.29) is 17.2 Å². The number of nitrogens with zero attached hydrogens (tertiary/aromatic N) is 2. The minimum atomic E-state index is -0.183. The van der Waals surface area contributed by atoms with Gasteiger partial charge in [0.15, 0.2) is 0 Å². The van der Waals surface area contributed by atoms with Crippen molar-refractivity contribution in [3.05, 3.63) is 62.3 Å². The number of fused-ring (bicyclic) bond motifs is 1. The molecule has 3 rings (SSSR count). The number of methoxy groups -OCH3 is 1. The topological polar surface area (TPSA) is 69.0 Å². The van der Waals surface area contributed by atoms with E-state index in [1.165, 1.54) is 10.7 Å². The molecule has 1 unspecified atom stereocenters. The van der Waals surface area contributed by atoms with Crippen molar-refractivity contribution in [3.63, 3.8) is 0 Å². The lowest BCUT2D eigenvalue weighted by Gasteiger charge is -2.19. The van der Waals surface area contributed by atoms with Gasteiger partial charge in [-0.05, 0) is 31.5 Å². The predicted octanol–water partition coefficient (Wildman–Crippen LogP) is 1.95. The number of hydrogen-bond donors (Lipinski definition) is 1. The number of benzene rings is 1. The molecule has 0 bridgehead atoms. The summed E-state index contributed by atoms with van der Waals surface area (Å²) < 4.78 is 8.20. The van der Waals surface area contributed by atoms with Gasteiger partial charge in [0, 0.05) is 18.8 Å². The summed E-state index contributed by atoms with van der Waals surface area (Å²) in [7, 11) is 3.26. The van der Waals surface area contributed by atoms with Crippen molar-refractivity contribution >= 4 is 10.9 Å². The van der Waals surface area contributed by atoms with Crippen LogP contribution in [0.3, 0.4) is 0 Å². The summed E-state index contributed by atoms with van der Waals surface area (Å²) in [5.74, 6) is 0.764. The molecule has 6 nitrogen and oxygen atoms in total. The minimum absolute atomic E-state index is 0.131. The first-order valence-corrected chi connectivity index (χ1v) is 7.39. The second-order valence-corrected chi connectivity index (χ2v) is 5.65. The molecular weight excluding hydrogens is 294 g/mol. The molecule has 2 heterocycles. The number of aromatic nitrogens is 3. The van der Waals surface area contributed by atoms with Crippen LogP contribution in [0.25, 0.3) is 10.9 Å². The number of hydrogen-bond acceptors (Lipinski definition) is 3. The van der Waals surface area contributed by atoms with Gasteiger partial charge in [-0.3, -0.25) is 19.4 Å². The molecule has 120 valence electrons. The molecule has 0 saturated heterocycles. The Bertz CT molecular complexity index is 977. The van der Waals surface area contributed by atoms with Crippen LogP contribution < -0.4 is 15.9 Å². The number of nitrogens with one attached hydrogen (secondary N) is 1. The summed E-state index contributed by atoms with van der Waals surface area (Å²) in [6.07, 6.45) is 0. The Balaban J connectivity index is 2.20. The van der Waals surface area contributed by atoms with Gasteiger partial charge < -0.3 is 9.30 Å². The van der Waals surface area contributed by atoms with Crippen LogP contribution in [-0.4, -0.2) is 21.5 Å². The van der Waals surface area contributed by atoms with E-state index in [1.807, 2.05) is 31.2 Å². The number of rotatable bonds is 3. The normalized spacial score (nSPS) is 12.5. The molecular formula is C17H19N3O3. The zero-order valence-corrected chi connectivity index (χ0v) is 13.6. The summed E-state index contributed by atoms with van der Waals surface area (Å²) in [6.45, 7) is 3.75. The van der Waals surface area contributed by atoms with E-state index >= 15 is 0 Å². The van der Waals surface area contributed by atoms with Gasteiger partial charge in [-0.25, -0.2) is 0 Å². The van der Waals surface area contributed by atoms with Crippen LogP contribution in [0.5, 0.6) is 5.75 Å². The molecule has 1 aromatic carbocycles.